The van der Waals surface area contributed by atoms with Crippen molar-refractivity contribution in [3.05, 3.63) is 39.8 Å². The lowest BCUT2D eigenvalue weighted by molar-refractivity contribution is -0.151. The number of rotatable bonds is 5. The number of hydrogen-bond acceptors (Lipinski definition) is 6. The molecule has 1 aliphatic heterocycles. The van der Waals surface area contributed by atoms with Gasteiger partial charge in [-0.1, -0.05) is 11.6 Å². The highest BCUT2D eigenvalue weighted by Gasteiger charge is 2.59. The molecule has 4 fully saturated rings. The maximum atomic E-state index is 13.4. The highest BCUT2D eigenvalue weighted by Crippen LogP contribution is 2.65. The minimum atomic E-state index is -0.760. The van der Waals surface area contributed by atoms with E-state index in [-0.39, 0.29) is 29.2 Å². The summed E-state index contributed by atoms with van der Waals surface area (Å²) in [6.07, 6.45) is 7.15. The normalized spacial score (nSPS) is 31.7. The summed E-state index contributed by atoms with van der Waals surface area (Å²) in [6, 6.07) is 5.41. The minimum Gasteiger partial charge on any atom is -0.481 e. The van der Waals surface area contributed by atoms with E-state index in [1.54, 1.807) is 23.0 Å². The van der Waals surface area contributed by atoms with E-state index in [1.807, 2.05) is 6.07 Å². The van der Waals surface area contributed by atoms with Crippen LogP contribution in [0.15, 0.2) is 29.2 Å². The van der Waals surface area contributed by atoms with Gasteiger partial charge >= 0.3 is 5.97 Å². The number of anilines is 2. The van der Waals surface area contributed by atoms with Crippen LogP contribution in [0.1, 0.15) is 44.9 Å². The number of aliphatic carboxylic acids is 1. The third-order valence-electron chi connectivity index (χ3n) is 7.70. The molecule has 4 saturated carbocycles. The van der Waals surface area contributed by atoms with Crippen molar-refractivity contribution in [2.75, 3.05) is 12.1 Å². The van der Waals surface area contributed by atoms with Crippen molar-refractivity contribution in [2.24, 2.45) is 17.3 Å². The van der Waals surface area contributed by atoms with Gasteiger partial charge in [0.05, 0.1) is 23.8 Å². The summed E-state index contributed by atoms with van der Waals surface area (Å²) in [5, 5.41) is 17.3. The van der Waals surface area contributed by atoms with Crippen molar-refractivity contribution in [1.82, 2.24) is 9.78 Å². The Bertz CT molecular complexity index is 1160. The first-order valence-electron chi connectivity index (χ1n) is 11.0. The van der Waals surface area contributed by atoms with Gasteiger partial charge in [-0.05, 0) is 67.9 Å². The molecule has 0 amide bonds. The van der Waals surface area contributed by atoms with Crippen LogP contribution in [0.5, 0.6) is 11.5 Å². The SMILES string of the molecule is O=C(O)CC12C[C@@H]3C[C@@H](C1)CC(n1ncc(Nc4ccc5c(c4)OCO5)c(Cl)c1=O)(C3)C2. The van der Waals surface area contributed by atoms with Crippen LogP contribution in [0.25, 0.3) is 0 Å². The Morgan fingerprint density at radius 1 is 1.22 bits per heavy atom. The first-order valence-corrected chi connectivity index (χ1v) is 11.4. The van der Waals surface area contributed by atoms with Gasteiger partial charge in [0, 0.05) is 11.8 Å². The van der Waals surface area contributed by atoms with Gasteiger partial charge in [0.25, 0.3) is 5.56 Å². The molecule has 0 saturated heterocycles. The number of aromatic nitrogens is 2. The lowest BCUT2D eigenvalue weighted by atomic mass is 9.46. The molecule has 2 atom stereocenters. The summed E-state index contributed by atoms with van der Waals surface area (Å²) in [4.78, 5) is 25.0. The van der Waals surface area contributed by atoms with Crippen molar-refractivity contribution in [1.29, 1.82) is 0 Å². The smallest absolute Gasteiger partial charge is 0.303 e. The highest BCUT2D eigenvalue weighted by atomic mass is 35.5. The number of carbonyl (C=O) groups is 1. The molecule has 2 heterocycles. The molecule has 7 rings (SSSR count). The molecule has 4 aliphatic carbocycles. The Hall–Kier alpha value is -2.74. The Morgan fingerprint density at radius 2 is 1.97 bits per heavy atom. The van der Waals surface area contributed by atoms with Gasteiger partial charge in [-0.2, -0.15) is 5.10 Å². The van der Waals surface area contributed by atoms with Gasteiger partial charge in [-0.15, -0.1) is 0 Å². The quantitative estimate of drug-likeness (QED) is 0.695. The number of carboxylic acids is 1. The average molecular weight is 458 g/mol. The summed E-state index contributed by atoms with van der Waals surface area (Å²) in [7, 11) is 0. The van der Waals surface area contributed by atoms with E-state index in [9.17, 15) is 14.7 Å². The van der Waals surface area contributed by atoms with E-state index >= 15 is 0 Å². The lowest BCUT2D eigenvalue weighted by Gasteiger charge is -2.61. The molecule has 32 heavy (non-hydrogen) atoms. The molecule has 1 aromatic heterocycles. The van der Waals surface area contributed by atoms with E-state index in [4.69, 9.17) is 21.1 Å². The summed E-state index contributed by atoms with van der Waals surface area (Å²) < 4.78 is 12.3. The Kier molecular flexibility index (Phi) is 4.28. The fraction of sp³-hybridized carbons (Fsp3) is 0.522. The predicted octanol–water partition coefficient (Wildman–Crippen LogP) is 4.14. The topological polar surface area (TPSA) is 103 Å². The van der Waals surface area contributed by atoms with Crippen LogP contribution in [-0.4, -0.2) is 27.6 Å². The second kappa shape index (κ2) is 6.88. The molecular formula is C23H24ClN3O5. The third-order valence-corrected chi connectivity index (χ3v) is 8.06. The summed E-state index contributed by atoms with van der Waals surface area (Å²) in [5.74, 6) is 1.42. The Balaban J connectivity index is 1.33. The van der Waals surface area contributed by atoms with Gasteiger partial charge in [-0.25, -0.2) is 4.68 Å². The molecule has 8 nitrogen and oxygen atoms in total. The van der Waals surface area contributed by atoms with Crippen molar-refractivity contribution >= 4 is 28.9 Å². The zero-order chi connectivity index (χ0) is 22.1. The number of ether oxygens (including phenoxy) is 2. The van der Waals surface area contributed by atoms with Gasteiger partial charge in [0.2, 0.25) is 6.79 Å². The Labute approximate surface area is 189 Å². The number of nitrogens with one attached hydrogen (secondary N) is 1. The molecule has 0 unspecified atom stereocenters. The van der Waals surface area contributed by atoms with Crippen LogP contribution in [0.4, 0.5) is 11.4 Å². The van der Waals surface area contributed by atoms with Crippen molar-refractivity contribution in [3.8, 4) is 11.5 Å². The molecule has 2 aromatic rings. The predicted molar refractivity (Wildman–Crippen MR) is 117 cm³/mol. The first kappa shape index (κ1) is 19.9. The van der Waals surface area contributed by atoms with E-state index in [0.29, 0.717) is 41.1 Å². The van der Waals surface area contributed by atoms with E-state index in [2.05, 4.69) is 10.4 Å². The Morgan fingerprint density at radius 3 is 2.72 bits per heavy atom. The maximum absolute atomic E-state index is 13.4. The van der Waals surface area contributed by atoms with Crippen LogP contribution < -0.4 is 20.3 Å². The molecule has 4 bridgehead atoms. The first-order chi connectivity index (χ1) is 15.3. The van der Waals surface area contributed by atoms with Crippen molar-refractivity contribution < 1.29 is 19.4 Å². The van der Waals surface area contributed by atoms with Crippen LogP contribution >= 0.6 is 11.6 Å². The number of hydrogen-bond donors (Lipinski definition) is 2. The number of benzene rings is 1. The number of fused-ring (bicyclic) bond motifs is 1. The zero-order valence-corrected chi connectivity index (χ0v) is 18.2. The number of halogens is 1. The second-order valence-electron chi connectivity index (χ2n) is 10.0. The molecule has 2 N–H and O–H groups in total. The van der Waals surface area contributed by atoms with Crippen LogP contribution in [0.2, 0.25) is 5.02 Å². The molecule has 168 valence electrons. The van der Waals surface area contributed by atoms with Gasteiger partial charge in [-0.3, -0.25) is 9.59 Å². The van der Waals surface area contributed by atoms with Gasteiger partial charge in [0.1, 0.15) is 5.02 Å². The molecule has 0 spiro atoms. The van der Waals surface area contributed by atoms with Crippen LogP contribution in [-0.2, 0) is 10.3 Å². The minimum absolute atomic E-state index is 0.0840. The fourth-order valence-electron chi connectivity index (χ4n) is 7.16. The maximum Gasteiger partial charge on any atom is 0.303 e. The largest absolute Gasteiger partial charge is 0.481 e. The molecule has 1 aromatic carbocycles. The standard InChI is InChI=1S/C23H24ClN3O5/c24-20-16(26-15-1-2-17-18(4-15)32-12-31-17)10-25-27(21(20)30)23-7-13-3-14(8-23)6-22(5-13,11-23)9-19(28)29/h1-2,4,10,13-14,26H,3,5-9,11-12H2,(H,28,29)/t13-,14-,22?,23?/m0/s1. The van der Waals surface area contributed by atoms with Gasteiger partial charge in [0.15, 0.2) is 11.5 Å². The lowest BCUT2D eigenvalue weighted by Crippen LogP contribution is -2.59. The van der Waals surface area contributed by atoms with E-state index < -0.39 is 11.5 Å². The van der Waals surface area contributed by atoms with E-state index in [0.717, 1.165) is 32.1 Å². The third kappa shape index (κ3) is 3.07. The summed E-state index contributed by atoms with van der Waals surface area (Å²) >= 11 is 6.54. The molecular weight excluding hydrogens is 434 g/mol. The second-order valence-corrected chi connectivity index (χ2v) is 10.4. The zero-order valence-electron chi connectivity index (χ0n) is 17.5. The van der Waals surface area contributed by atoms with Crippen LogP contribution in [0.3, 0.4) is 0 Å². The molecule has 0 radical (unpaired) electrons. The van der Waals surface area contributed by atoms with Crippen LogP contribution in [0, 0.1) is 17.3 Å². The van der Waals surface area contributed by atoms with E-state index in [1.165, 1.54) is 0 Å². The van der Waals surface area contributed by atoms with Crippen molar-refractivity contribution in [3.63, 3.8) is 0 Å². The number of carboxylic acid groups (broad SMARTS) is 1. The highest BCUT2D eigenvalue weighted by molar-refractivity contribution is 6.33. The van der Waals surface area contributed by atoms with Gasteiger partial charge < -0.3 is 19.9 Å². The monoisotopic (exact) mass is 457 g/mol. The average Bonchev–Trinajstić information content (AvgIpc) is 3.17. The molecule has 9 heteroatoms. The summed E-state index contributed by atoms with van der Waals surface area (Å²) in [6.45, 7) is 0.185. The van der Waals surface area contributed by atoms with Crippen molar-refractivity contribution in [2.45, 2.75) is 50.5 Å². The number of nitrogens with zero attached hydrogens (tertiary/aromatic N) is 2. The fourth-order valence-corrected chi connectivity index (χ4v) is 7.34. The molecule has 5 aliphatic rings. The summed E-state index contributed by atoms with van der Waals surface area (Å²) in [5.41, 5.74) is 0.122.